The molecule has 152 valence electrons. The summed E-state index contributed by atoms with van der Waals surface area (Å²) in [5.74, 6) is 0.0705. The van der Waals surface area contributed by atoms with Crippen LogP contribution in [0.4, 0.5) is 10.8 Å². The number of thiazole rings is 1. The number of hydrogen-bond donors (Lipinski definition) is 2. The van der Waals surface area contributed by atoms with Gasteiger partial charge in [-0.1, -0.05) is 41.7 Å². The Morgan fingerprint density at radius 3 is 2.73 bits per heavy atom. The predicted octanol–water partition coefficient (Wildman–Crippen LogP) is 3.91. The molecule has 4 rings (SSSR count). The van der Waals surface area contributed by atoms with Crippen LogP contribution >= 0.6 is 11.3 Å². The number of nitrogens with one attached hydrogen (secondary N) is 2. The van der Waals surface area contributed by atoms with Gasteiger partial charge in [-0.2, -0.15) is 0 Å². The van der Waals surface area contributed by atoms with Crippen LogP contribution in [0.1, 0.15) is 28.6 Å². The molecule has 30 heavy (non-hydrogen) atoms. The number of fused-ring (bicyclic) bond motifs is 1. The van der Waals surface area contributed by atoms with Crippen LogP contribution in [-0.4, -0.2) is 29.2 Å². The standard InChI is InChI=1S/C22H19N3O4S/c1-13(26)21-20(14-5-3-2-4-6-14)25-22(30-21)24-19(28)12-29-16-8-9-17-15(11-16)7-10-18(27)23-17/h2-6,8-9,11H,7,10,12H2,1H3,(H,23,27)(H,24,25,28). The maximum Gasteiger partial charge on any atom is 0.264 e. The molecule has 8 heteroatoms. The van der Waals surface area contributed by atoms with Crippen LogP contribution in [0.3, 0.4) is 0 Å². The van der Waals surface area contributed by atoms with Crippen LogP contribution in [-0.2, 0) is 16.0 Å². The molecule has 1 aliphatic rings. The molecular formula is C22H19N3O4S. The van der Waals surface area contributed by atoms with Gasteiger partial charge >= 0.3 is 0 Å². The van der Waals surface area contributed by atoms with Crippen LogP contribution in [0.2, 0.25) is 0 Å². The first kappa shape index (κ1) is 19.8. The van der Waals surface area contributed by atoms with E-state index < -0.39 is 0 Å². The van der Waals surface area contributed by atoms with Crippen molar-refractivity contribution >= 4 is 39.8 Å². The number of carbonyl (C=O) groups excluding carboxylic acids is 3. The molecule has 0 saturated carbocycles. The van der Waals surface area contributed by atoms with Crippen molar-refractivity contribution in [1.82, 2.24) is 4.98 Å². The molecule has 0 spiro atoms. The van der Waals surface area contributed by atoms with Crippen molar-refractivity contribution < 1.29 is 19.1 Å². The van der Waals surface area contributed by atoms with Crippen molar-refractivity contribution in [2.24, 2.45) is 0 Å². The fourth-order valence-electron chi connectivity index (χ4n) is 3.16. The van der Waals surface area contributed by atoms with E-state index in [1.807, 2.05) is 36.4 Å². The average Bonchev–Trinajstić information content (AvgIpc) is 3.17. The lowest BCUT2D eigenvalue weighted by molar-refractivity contribution is -0.118. The molecule has 0 bridgehead atoms. The first-order valence-electron chi connectivity index (χ1n) is 9.42. The van der Waals surface area contributed by atoms with Gasteiger partial charge in [-0.3, -0.25) is 19.7 Å². The first-order chi connectivity index (χ1) is 14.5. The number of amides is 2. The molecule has 0 atom stereocenters. The molecule has 2 aromatic carbocycles. The van der Waals surface area contributed by atoms with Gasteiger partial charge in [-0.05, 0) is 30.2 Å². The molecule has 0 radical (unpaired) electrons. The molecule has 3 aromatic rings. The molecular weight excluding hydrogens is 402 g/mol. The molecule has 0 aliphatic carbocycles. The Bertz CT molecular complexity index is 1120. The van der Waals surface area contributed by atoms with Crippen molar-refractivity contribution in [3.05, 3.63) is 59.0 Å². The van der Waals surface area contributed by atoms with Gasteiger partial charge in [-0.15, -0.1) is 0 Å². The molecule has 7 nitrogen and oxygen atoms in total. The molecule has 2 heterocycles. The smallest absolute Gasteiger partial charge is 0.264 e. The zero-order chi connectivity index (χ0) is 21.1. The minimum absolute atomic E-state index is 0.00111. The summed E-state index contributed by atoms with van der Waals surface area (Å²) in [6.45, 7) is 1.29. The number of Topliss-reactive ketones (excluding diaryl/α,β-unsaturated/α-hetero) is 1. The lowest BCUT2D eigenvalue weighted by Gasteiger charge is -2.17. The number of anilines is 2. The summed E-state index contributed by atoms with van der Waals surface area (Å²) in [5.41, 5.74) is 3.12. The maximum absolute atomic E-state index is 12.3. The molecule has 1 aliphatic heterocycles. The highest BCUT2D eigenvalue weighted by molar-refractivity contribution is 7.18. The number of hydrogen-bond acceptors (Lipinski definition) is 6. The highest BCUT2D eigenvalue weighted by Gasteiger charge is 2.18. The normalized spacial score (nSPS) is 12.6. The number of nitrogens with zero attached hydrogens (tertiary/aromatic N) is 1. The van der Waals surface area contributed by atoms with E-state index in [9.17, 15) is 14.4 Å². The Morgan fingerprint density at radius 2 is 1.97 bits per heavy atom. The number of aryl methyl sites for hydroxylation is 1. The van der Waals surface area contributed by atoms with E-state index in [2.05, 4.69) is 15.6 Å². The number of rotatable bonds is 6. The number of ketones is 1. The quantitative estimate of drug-likeness (QED) is 0.588. The van der Waals surface area contributed by atoms with Crippen molar-refractivity contribution in [2.75, 3.05) is 17.2 Å². The topological polar surface area (TPSA) is 97.4 Å². The van der Waals surface area contributed by atoms with E-state index in [1.54, 1.807) is 12.1 Å². The largest absolute Gasteiger partial charge is 0.484 e. The van der Waals surface area contributed by atoms with Crippen molar-refractivity contribution in [2.45, 2.75) is 19.8 Å². The van der Waals surface area contributed by atoms with E-state index in [0.717, 1.165) is 28.2 Å². The second-order valence-electron chi connectivity index (χ2n) is 6.82. The maximum atomic E-state index is 12.3. The summed E-state index contributed by atoms with van der Waals surface area (Å²) >= 11 is 1.14. The van der Waals surface area contributed by atoms with E-state index in [1.165, 1.54) is 6.92 Å². The van der Waals surface area contributed by atoms with Crippen LogP contribution in [0.15, 0.2) is 48.5 Å². The van der Waals surface area contributed by atoms with Gasteiger partial charge in [0.25, 0.3) is 5.91 Å². The van der Waals surface area contributed by atoms with Gasteiger partial charge in [0.05, 0.1) is 10.6 Å². The Morgan fingerprint density at radius 1 is 1.17 bits per heavy atom. The molecule has 1 aromatic heterocycles. The van der Waals surface area contributed by atoms with E-state index in [0.29, 0.717) is 34.3 Å². The Hall–Kier alpha value is -3.52. The lowest BCUT2D eigenvalue weighted by Crippen LogP contribution is -2.21. The van der Waals surface area contributed by atoms with Crippen molar-refractivity contribution in [3.8, 4) is 17.0 Å². The summed E-state index contributed by atoms with van der Waals surface area (Å²) in [6, 6.07) is 14.7. The van der Waals surface area contributed by atoms with Gasteiger partial charge in [0.15, 0.2) is 17.5 Å². The second kappa shape index (κ2) is 8.46. The highest BCUT2D eigenvalue weighted by atomic mass is 32.1. The number of benzene rings is 2. The van der Waals surface area contributed by atoms with Crippen LogP contribution in [0, 0.1) is 0 Å². The Labute approximate surface area is 177 Å². The second-order valence-corrected chi connectivity index (χ2v) is 7.82. The summed E-state index contributed by atoms with van der Waals surface area (Å²) in [7, 11) is 0. The summed E-state index contributed by atoms with van der Waals surface area (Å²) < 4.78 is 5.59. The van der Waals surface area contributed by atoms with E-state index in [-0.39, 0.29) is 24.2 Å². The Balaban J connectivity index is 1.42. The molecule has 2 amide bonds. The summed E-state index contributed by atoms with van der Waals surface area (Å²) in [4.78, 5) is 40.7. The number of ether oxygens (including phenoxy) is 1. The first-order valence-corrected chi connectivity index (χ1v) is 10.2. The zero-order valence-electron chi connectivity index (χ0n) is 16.2. The fraction of sp³-hybridized carbons (Fsp3) is 0.182. The van der Waals surface area contributed by atoms with Crippen molar-refractivity contribution in [1.29, 1.82) is 0 Å². The van der Waals surface area contributed by atoms with Crippen LogP contribution in [0.5, 0.6) is 5.75 Å². The number of aromatic nitrogens is 1. The lowest BCUT2D eigenvalue weighted by atomic mass is 10.0. The zero-order valence-corrected chi connectivity index (χ0v) is 17.0. The van der Waals surface area contributed by atoms with Gasteiger partial charge in [0.2, 0.25) is 5.91 Å². The molecule has 0 unspecified atom stereocenters. The minimum atomic E-state index is -0.371. The fourth-order valence-corrected chi connectivity index (χ4v) is 4.06. The summed E-state index contributed by atoms with van der Waals surface area (Å²) in [5, 5.41) is 5.85. The third kappa shape index (κ3) is 4.38. The monoisotopic (exact) mass is 421 g/mol. The highest BCUT2D eigenvalue weighted by Crippen LogP contribution is 2.31. The van der Waals surface area contributed by atoms with Gasteiger partial charge in [0, 0.05) is 24.6 Å². The predicted molar refractivity (Wildman–Crippen MR) is 115 cm³/mol. The third-order valence-corrected chi connectivity index (χ3v) is 5.65. The third-order valence-electron chi connectivity index (χ3n) is 4.58. The van der Waals surface area contributed by atoms with E-state index in [4.69, 9.17) is 4.74 Å². The van der Waals surface area contributed by atoms with Gasteiger partial charge < -0.3 is 10.1 Å². The molecule has 0 saturated heterocycles. The SMILES string of the molecule is CC(=O)c1sc(NC(=O)COc2ccc3c(c2)CCC(=O)N3)nc1-c1ccccc1. The van der Waals surface area contributed by atoms with Crippen LogP contribution in [0.25, 0.3) is 11.3 Å². The van der Waals surface area contributed by atoms with Crippen molar-refractivity contribution in [3.63, 3.8) is 0 Å². The van der Waals surface area contributed by atoms with Gasteiger partial charge in [0.1, 0.15) is 5.75 Å². The van der Waals surface area contributed by atoms with Crippen LogP contribution < -0.4 is 15.4 Å². The number of carbonyl (C=O) groups is 3. The average molecular weight is 421 g/mol. The molecule has 2 N–H and O–H groups in total. The summed E-state index contributed by atoms with van der Waals surface area (Å²) in [6.07, 6.45) is 1.07. The molecule has 0 fully saturated rings. The Kier molecular flexibility index (Phi) is 5.58. The minimum Gasteiger partial charge on any atom is -0.484 e. The van der Waals surface area contributed by atoms with Gasteiger partial charge in [-0.25, -0.2) is 4.98 Å². The van der Waals surface area contributed by atoms with E-state index >= 15 is 0 Å².